The van der Waals surface area contributed by atoms with Crippen molar-refractivity contribution in [2.75, 3.05) is 0 Å². The number of carbonyl (C=O) groups is 1. The largest absolute Gasteiger partial charge is 0.299 e. The maximum Gasteiger partial charge on any atom is 0.135 e. The molecule has 1 rings (SSSR count). The Labute approximate surface area is 118 Å². The highest BCUT2D eigenvalue weighted by molar-refractivity contribution is 7.80. The molecule has 18 heavy (non-hydrogen) atoms. The van der Waals surface area contributed by atoms with E-state index in [9.17, 15) is 4.79 Å². The van der Waals surface area contributed by atoms with Crippen molar-refractivity contribution < 1.29 is 4.79 Å². The van der Waals surface area contributed by atoms with Crippen LogP contribution in [0.5, 0.6) is 0 Å². The van der Waals surface area contributed by atoms with Gasteiger partial charge >= 0.3 is 0 Å². The molecule has 0 bridgehead atoms. The number of rotatable bonds is 9. The second-order valence-corrected chi connectivity index (χ2v) is 6.19. The Morgan fingerprint density at radius 2 is 1.61 bits per heavy atom. The average molecular weight is 268 g/mol. The molecule has 0 aliphatic heterocycles. The summed E-state index contributed by atoms with van der Waals surface area (Å²) < 4.78 is 0. The van der Waals surface area contributed by atoms with E-state index in [-0.39, 0.29) is 0 Å². The van der Waals surface area contributed by atoms with Gasteiger partial charge in [0, 0.05) is 12.3 Å². The van der Waals surface area contributed by atoms with Gasteiger partial charge < -0.3 is 0 Å². The maximum atomic E-state index is 12.0. The van der Waals surface area contributed by atoms with Crippen LogP contribution in [0.15, 0.2) is 0 Å². The number of carbonyl (C=O) groups excluding carboxylic acids is 1. The van der Waals surface area contributed by atoms with Crippen molar-refractivity contribution in [2.45, 2.75) is 84.0 Å². The normalized spacial score (nSPS) is 16.7. The van der Waals surface area contributed by atoms with E-state index in [1.54, 1.807) is 0 Å². The zero-order chi connectivity index (χ0) is 13.2. The third-order valence-corrected chi connectivity index (χ3v) is 4.58. The fraction of sp³-hybridized carbons (Fsp3) is 0.875. The third kappa shape index (κ3) is 6.63. The molecule has 0 spiro atoms. The first-order valence-corrected chi connectivity index (χ1v) is 8.19. The second kappa shape index (κ2) is 9.66. The van der Waals surface area contributed by atoms with Crippen LogP contribution in [0.4, 0.5) is 0 Å². The van der Waals surface area contributed by atoms with Gasteiger partial charge in [-0.05, 0) is 43.4 Å². The summed E-state index contributed by atoms with van der Waals surface area (Å²) in [6, 6.07) is 0. The molecule has 0 unspecified atom stereocenters. The molecule has 1 aliphatic rings. The SMILES string of the molecule is CCC(=S)CCCCCCC(=O)C1CCCCC1. The molecule has 0 saturated heterocycles. The van der Waals surface area contributed by atoms with Gasteiger partial charge in [0.1, 0.15) is 5.78 Å². The summed E-state index contributed by atoms with van der Waals surface area (Å²) in [4.78, 5) is 13.2. The molecule has 1 fully saturated rings. The van der Waals surface area contributed by atoms with Gasteiger partial charge in [0.25, 0.3) is 0 Å². The number of hydrogen-bond donors (Lipinski definition) is 0. The van der Waals surface area contributed by atoms with E-state index in [1.807, 2.05) is 0 Å². The number of ketones is 1. The predicted molar refractivity (Wildman–Crippen MR) is 82.2 cm³/mol. The minimum absolute atomic E-state index is 0.409. The highest BCUT2D eigenvalue weighted by Crippen LogP contribution is 2.25. The molecule has 0 amide bonds. The number of hydrogen-bond acceptors (Lipinski definition) is 2. The highest BCUT2D eigenvalue weighted by Gasteiger charge is 2.19. The van der Waals surface area contributed by atoms with Crippen molar-refractivity contribution in [1.82, 2.24) is 0 Å². The summed E-state index contributed by atoms with van der Waals surface area (Å²) >= 11 is 5.21. The van der Waals surface area contributed by atoms with E-state index in [1.165, 1.54) is 43.4 Å². The zero-order valence-electron chi connectivity index (χ0n) is 11.9. The molecule has 2 heteroatoms. The van der Waals surface area contributed by atoms with Crippen LogP contribution >= 0.6 is 12.2 Å². The predicted octanol–water partition coefficient (Wildman–Crippen LogP) is 5.26. The van der Waals surface area contributed by atoms with Gasteiger partial charge in [-0.2, -0.15) is 0 Å². The average Bonchev–Trinajstić information content (AvgIpc) is 2.43. The lowest BCUT2D eigenvalue weighted by Gasteiger charge is -2.20. The van der Waals surface area contributed by atoms with Crippen molar-refractivity contribution >= 4 is 22.9 Å². The van der Waals surface area contributed by atoms with Crippen LogP contribution in [-0.4, -0.2) is 10.6 Å². The van der Waals surface area contributed by atoms with Gasteiger partial charge in [-0.15, -0.1) is 0 Å². The van der Waals surface area contributed by atoms with Crippen LogP contribution in [0.3, 0.4) is 0 Å². The van der Waals surface area contributed by atoms with Gasteiger partial charge in [0.15, 0.2) is 0 Å². The summed E-state index contributed by atoms with van der Waals surface area (Å²) in [5.74, 6) is 0.949. The Balaban J connectivity index is 1.96. The molecule has 104 valence electrons. The first-order chi connectivity index (χ1) is 8.74. The first-order valence-electron chi connectivity index (χ1n) is 7.78. The summed E-state index contributed by atoms with van der Waals surface area (Å²) in [5, 5.41) is 0. The summed E-state index contributed by atoms with van der Waals surface area (Å²) in [5.41, 5.74) is 0. The van der Waals surface area contributed by atoms with Crippen molar-refractivity contribution in [3.63, 3.8) is 0 Å². The van der Waals surface area contributed by atoms with Gasteiger partial charge in [0.05, 0.1) is 0 Å². The first kappa shape index (κ1) is 15.8. The highest BCUT2D eigenvalue weighted by atomic mass is 32.1. The Hall–Kier alpha value is -0.240. The number of unbranched alkanes of at least 4 members (excludes halogenated alkanes) is 3. The van der Waals surface area contributed by atoms with Crippen LogP contribution in [0.2, 0.25) is 0 Å². The molecule has 0 atom stereocenters. The molecule has 0 radical (unpaired) electrons. The Kier molecular flexibility index (Phi) is 8.49. The van der Waals surface area contributed by atoms with E-state index < -0.39 is 0 Å². The van der Waals surface area contributed by atoms with E-state index in [2.05, 4.69) is 6.92 Å². The smallest absolute Gasteiger partial charge is 0.135 e. The number of Topliss-reactive ketones (excluding diaryl/α,β-unsaturated/α-hetero) is 1. The quantitative estimate of drug-likeness (QED) is 0.419. The van der Waals surface area contributed by atoms with E-state index in [0.29, 0.717) is 11.7 Å². The minimum atomic E-state index is 0.409. The third-order valence-electron chi connectivity index (χ3n) is 4.08. The monoisotopic (exact) mass is 268 g/mol. The van der Waals surface area contributed by atoms with Crippen molar-refractivity contribution in [3.8, 4) is 0 Å². The molecule has 0 heterocycles. The van der Waals surface area contributed by atoms with Gasteiger partial charge in [-0.1, -0.05) is 51.2 Å². The molecular weight excluding hydrogens is 240 g/mol. The topological polar surface area (TPSA) is 17.1 Å². The van der Waals surface area contributed by atoms with E-state index in [0.717, 1.165) is 38.5 Å². The van der Waals surface area contributed by atoms with Crippen LogP contribution in [0, 0.1) is 5.92 Å². The van der Waals surface area contributed by atoms with E-state index >= 15 is 0 Å². The zero-order valence-corrected chi connectivity index (χ0v) is 12.7. The van der Waals surface area contributed by atoms with Crippen LogP contribution < -0.4 is 0 Å². The number of thiocarbonyl (C=S) groups is 1. The van der Waals surface area contributed by atoms with Crippen molar-refractivity contribution in [3.05, 3.63) is 0 Å². The fourth-order valence-corrected chi connectivity index (χ4v) is 2.92. The summed E-state index contributed by atoms with van der Waals surface area (Å²) in [6.45, 7) is 2.13. The van der Waals surface area contributed by atoms with Gasteiger partial charge in [-0.3, -0.25) is 4.79 Å². The Bertz CT molecular complexity index is 254. The second-order valence-electron chi connectivity index (χ2n) is 5.61. The van der Waals surface area contributed by atoms with Crippen LogP contribution in [0.1, 0.15) is 84.0 Å². The standard InChI is InChI=1S/C16H28OS/c1-2-15(18)12-8-3-4-9-13-16(17)14-10-6-5-7-11-14/h14H,2-13H2,1H3. The molecule has 0 aromatic rings. The Morgan fingerprint density at radius 3 is 2.22 bits per heavy atom. The lowest BCUT2D eigenvalue weighted by atomic mass is 9.84. The Morgan fingerprint density at radius 1 is 1.00 bits per heavy atom. The van der Waals surface area contributed by atoms with Gasteiger partial charge in [-0.25, -0.2) is 0 Å². The van der Waals surface area contributed by atoms with Crippen LogP contribution in [0.25, 0.3) is 0 Å². The van der Waals surface area contributed by atoms with Crippen molar-refractivity contribution in [2.24, 2.45) is 5.92 Å². The molecule has 1 aliphatic carbocycles. The molecule has 0 aromatic heterocycles. The lowest BCUT2D eigenvalue weighted by molar-refractivity contribution is -0.123. The van der Waals surface area contributed by atoms with Gasteiger partial charge in [0.2, 0.25) is 0 Å². The summed E-state index contributed by atoms with van der Waals surface area (Å²) in [7, 11) is 0. The van der Waals surface area contributed by atoms with Crippen molar-refractivity contribution in [1.29, 1.82) is 0 Å². The summed E-state index contributed by atoms with van der Waals surface area (Å²) in [6.07, 6.45) is 13.9. The molecule has 1 saturated carbocycles. The molecule has 0 aromatic carbocycles. The minimum Gasteiger partial charge on any atom is -0.299 e. The molecular formula is C16H28OS. The fourth-order valence-electron chi connectivity index (χ4n) is 2.78. The molecule has 0 N–H and O–H groups in total. The molecule has 1 nitrogen and oxygen atoms in total. The van der Waals surface area contributed by atoms with Crippen LogP contribution in [-0.2, 0) is 4.79 Å². The lowest BCUT2D eigenvalue weighted by Crippen LogP contribution is -2.17. The maximum absolute atomic E-state index is 12.0. The van der Waals surface area contributed by atoms with E-state index in [4.69, 9.17) is 12.2 Å².